The van der Waals surface area contributed by atoms with E-state index in [0.717, 1.165) is 28.0 Å². The number of alkyl halides is 3. The van der Waals surface area contributed by atoms with Crippen LogP contribution < -0.4 is 16.6 Å². The van der Waals surface area contributed by atoms with Gasteiger partial charge in [-0.25, -0.2) is 14.2 Å². The number of rotatable bonds is 4. The molecule has 0 spiro atoms. The Morgan fingerprint density at radius 3 is 2.56 bits per heavy atom. The number of nitrogens with zero attached hydrogens (tertiary/aromatic N) is 4. The lowest BCUT2D eigenvalue weighted by Gasteiger charge is -2.10. The third-order valence-corrected chi connectivity index (χ3v) is 5.87. The highest BCUT2D eigenvalue weighted by Gasteiger charge is 2.34. The number of benzene rings is 1. The van der Waals surface area contributed by atoms with Crippen LogP contribution in [-0.4, -0.2) is 25.0 Å². The molecule has 0 saturated carbocycles. The normalized spacial score (nSPS) is 11.7. The monoisotopic (exact) mass is 493 g/mol. The van der Waals surface area contributed by atoms with Crippen molar-refractivity contribution >= 4 is 33.3 Å². The molecule has 13 heteroatoms. The smallest absolute Gasteiger partial charge is 0.302 e. The van der Waals surface area contributed by atoms with Gasteiger partial charge in [-0.15, -0.1) is 11.3 Å². The molecule has 176 valence electrons. The molecule has 3 heterocycles. The number of thiazole rings is 1. The molecule has 0 bridgehead atoms. The van der Waals surface area contributed by atoms with E-state index < -0.39 is 34.7 Å². The maximum Gasteiger partial charge on any atom is 0.419 e. The number of aryl methyl sites for hydroxylation is 1. The van der Waals surface area contributed by atoms with Crippen molar-refractivity contribution in [3.05, 3.63) is 73.8 Å². The first-order chi connectivity index (χ1) is 16.0. The van der Waals surface area contributed by atoms with Crippen LogP contribution in [0.3, 0.4) is 0 Å². The summed E-state index contributed by atoms with van der Waals surface area (Å²) in [5.74, 6) is -1.99. The Bertz CT molecular complexity index is 1560. The highest BCUT2D eigenvalue weighted by molar-refractivity contribution is 7.14. The molecule has 0 fully saturated rings. The summed E-state index contributed by atoms with van der Waals surface area (Å²) in [5.41, 5.74) is -1.71. The molecule has 0 saturated heterocycles. The van der Waals surface area contributed by atoms with Gasteiger partial charge >= 0.3 is 11.9 Å². The van der Waals surface area contributed by atoms with E-state index in [-0.39, 0.29) is 33.9 Å². The maximum atomic E-state index is 13.9. The second-order valence-corrected chi connectivity index (χ2v) is 8.17. The fraction of sp³-hybridized carbons (Fsp3) is 0.190. The molecule has 1 aromatic carbocycles. The lowest BCUT2D eigenvalue weighted by molar-refractivity contribution is -0.140. The van der Waals surface area contributed by atoms with E-state index >= 15 is 0 Å². The highest BCUT2D eigenvalue weighted by Crippen LogP contribution is 2.34. The Morgan fingerprint density at radius 1 is 1.15 bits per heavy atom. The predicted octanol–water partition coefficient (Wildman–Crippen LogP) is 3.09. The van der Waals surface area contributed by atoms with Gasteiger partial charge in [0.05, 0.1) is 34.3 Å². The summed E-state index contributed by atoms with van der Waals surface area (Å²) in [6.07, 6.45) is -3.73. The number of fused-ring (bicyclic) bond motifs is 1. The van der Waals surface area contributed by atoms with Crippen molar-refractivity contribution in [2.75, 3.05) is 5.32 Å². The molecule has 0 atom stereocenters. The molecule has 4 aromatic rings. The zero-order valence-corrected chi connectivity index (χ0v) is 18.4. The number of hydrogen-bond acceptors (Lipinski definition) is 6. The first kappa shape index (κ1) is 23.3. The number of nitrogens with one attached hydrogen (secondary N) is 1. The number of pyridine rings is 1. The van der Waals surface area contributed by atoms with Gasteiger partial charge in [0.25, 0.3) is 5.56 Å². The molecule has 1 N–H and O–H groups in total. The van der Waals surface area contributed by atoms with E-state index in [2.05, 4.69) is 15.3 Å². The molecule has 0 radical (unpaired) electrons. The van der Waals surface area contributed by atoms with Crippen LogP contribution in [0.4, 0.5) is 22.7 Å². The lowest BCUT2D eigenvalue weighted by Crippen LogP contribution is -2.37. The molecule has 0 unspecified atom stereocenters. The summed E-state index contributed by atoms with van der Waals surface area (Å²) >= 11 is 0.993. The minimum atomic E-state index is -4.81. The molecule has 4 rings (SSSR count). The molecule has 1 amide bonds. The summed E-state index contributed by atoms with van der Waals surface area (Å²) < 4.78 is 54.3. The maximum absolute atomic E-state index is 13.9. The third-order valence-electron chi connectivity index (χ3n) is 5.11. The van der Waals surface area contributed by atoms with Crippen LogP contribution in [0.1, 0.15) is 11.3 Å². The van der Waals surface area contributed by atoms with E-state index in [0.29, 0.717) is 11.6 Å². The second-order valence-electron chi connectivity index (χ2n) is 7.31. The van der Waals surface area contributed by atoms with Crippen LogP contribution in [0.15, 0.2) is 45.4 Å². The van der Waals surface area contributed by atoms with E-state index in [1.807, 2.05) is 0 Å². The van der Waals surface area contributed by atoms with Crippen LogP contribution in [0.2, 0.25) is 0 Å². The molecular weight excluding hydrogens is 478 g/mol. The first-order valence-corrected chi connectivity index (χ1v) is 10.5. The average Bonchev–Trinajstić information content (AvgIpc) is 3.23. The Labute approximate surface area is 192 Å². The number of anilines is 1. The third kappa shape index (κ3) is 4.21. The van der Waals surface area contributed by atoms with Crippen molar-refractivity contribution in [2.24, 2.45) is 14.1 Å². The Hall–Kier alpha value is -3.87. The molecule has 34 heavy (non-hydrogen) atoms. The number of halogens is 4. The van der Waals surface area contributed by atoms with Crippen LogP contribution >= 0.6 is 11.3 Å². The van der Waals surface area contributed by atoms with Gasteiger partial charge in [-0.2, -0.15) is 13.2 Å². The van der Waals surface area contributed by atoms with Gasteiger partial charge in [-0.3, -0.25) is 23.7 Å². The number of amides is 1. The first-order valence-electron chi connectivity index (χ1n) is 9.63. The van der Waals surface area contributed by atoms with Crippen molar-refractivity contribution in [1.29, 1.82) is 0 Å². The average molecular weight is 493 g/mol. The van der Waals surface area contributed by atoms with Crippen LogP contribution in [0, 0.1) is 5.82 Å². The van der Waals surface area contributed by atoms with E-state index in [9.17, 15) is 31.9 Å². The van der Waals surface area contributed by atoms with Crippen LogP contribution in [-0.2, 0) is 31.5 Å². The minimum Gasteiger partial charge on any atom is -0.302 e. The predicted molar refractivity (Wildman–Crippen MR) is 117 cm³/mol. The molecule has 0 aliphatic rings. The van der Waals surface area contributed by atoms with Crippen molar-refractivity contribution in [1.82, 2.24) is 19.1 Å². The zero-order valence-electron chi connectivity index (χ0n) is 17.6. The van der Waals surface area contributed by atoms with Gasteiger partial charge in [0.15, 0.2) is 5.13 Å². The number of carbonyl (C=O) groups is 1. The van der Waals surface area contributed by atoms with Gasteiger partial charge in [0.2, 0.25) is 5.91 Å². The summed E-state index contributed by atoms with van der Waals surface area (Å²) in [7, 11) is 2.82. The summed E-state index contributed by atoms with van der Waals surface area (Å²) in [6.45, 7) is 0. The molecule has 8 nitrogen and oxygen atoms in total. The van der Waals surface area contributed by atoms with Gasteiger partial charge < -0.3 is 5.32 Å². The lowest BCUT2D eigenvalue weighted by atomic mass is 10.1. The van der Waals surface area contributed by atoms with E-state index in [1.54, 1.807) is 0 Å². The van der Waals surface area contributed by atoms with Gasteiger partial charge in [-0.05, 0) is 18.2 Å². The Balaban J connectivity index is 1.57. The SMILES string of the molecule is Cn1c(=O)c2c(CC(=O)Nc3nc(-c4ccc(C(F)(F)F)c(F)c4)cs3)nccc2n(C)c1=O. The largest absolute Gasteiger partial charge is 0.419 e. The number of aromatic nitrogens is 4. The summed E-state index contributed by atoms with van der Waals surface area (Å²) in [6, 6.07) is 3.94. The van der Waals surface area contributed by atoms with Crippen LogP contribution in [0.25, 0.3) is 22.2 Å². The zero-order chi connectivity index (χ0) is 24.8. The fourth-order valence-electron chi connectivity index (χ4n) is 3.41. The fourth-order valence-corrected chi connectivity index (χ4v) is 4.14. The molecule has 0 aliphatic carbocycles. The van der Waals surface area contributed by atoms with Gasteiger partial charge in [0, 0.05) is 31.2 Å². The standard InChI is InChI=1S/C21H15F4N5O3S/c1-29-15-5-6-26-13(17(15)18(32)30(2)20(29)33)8-16(31)28-19-27-14(9-34-19)10-3-4-11(12(22)7-10)21(23,24)25/h3-7,9H,8H2,1-2H3,(H,27,28,31). The van der Waals surface area contributed by atoms with Gasteiger partial charge in [-0.1, -0.05) is 6.07 Å². The van der Waals surface area contributed by atoms with Crippen molar-refractivity contribution in [2.45, 2.75) is 12.6 Å². The molecule has 3 aromatic heterocycles. The Kier molecular flexibility index (Phi) is 5.81. The molecule has 0 aliphatic heterocycles. The van der Waals surface area contributed by atoms with E-state index in [4.69, 9.17) is 0 Å². The van der Waals surface area contributed by atoms with Crippen LogP contribution in [0.5, 0.6) is 0 Å². The highest BCUT2D eigenvalue weighted by atomic mass is 32.1. The van der Waals surface area contributed by atoms with E-state index in [1.165, 1.54) is 36.3 Å². The van der Waals surface area contributed by atoms with Crippen molar-refractivity contribution in [3.63, 3.8) is 0 Å². The molecular formula is C21H15F4N5O3S. The van der Waals surface area contributed by atoms with Crippen molar-refractivity contribution < 1.29 is 22.4 Å². The number of hydrogen-bond donors (Lipinski definition) is 1. The summed E-state index contributed by atoms with van der Waals surface area (Å²) in [4.78, 5) is 45.5. The number of carbonyl (C=O) groups excluding carboxylic acids is 1. The summed E-state index contributed by atoms with van der Waals surface area (Å²) in [5, 5.41) is 4.24. The quantitative estimate of drug-likeness (QED) is 0.441. The Morgan fingerprint density at radius 2 is 1.88 bits per heavy atom. The second kappa shape index (κ2) is 8.48. The minimum absolute atomic E-state index is 0.113. The topological polar surface area (TPSA) is 98.9 Å². The van der Waals surface area contributed by atoms with Crippen molar-refractivity contribution in [3.8, 4) is 11.3 Å². The van der Waals surface area contributed by atoms with Gasteiger partial charge in [0.1, 0.15) is 5.82 Å².